The third kappa shape index (κ3) is 4.41. The van der Waals surface area contributed by atoms with Crippen LogP contribution in [0.1, 0.15) is 35.3 Å². The maximum atomic E-state index is 14.2. The average molecular weight is 556 g/mol. The van der Waals surface area contributed by atoms with E-state index >= 15 is 0 Å². The number of fused-ring (bicyclic) bond motifs is 4. The van der Waals surface area contributed by atoms with Crippen LogP contribution in [0.5, 0.6) is 23.0 Å². The third-order valence-electron chi connectivity index (χ3n) is 7.95. The Bertz CT molecular complexity index is 1600. The van der Waals surface area contributed by atoms with E-state index in [0.29, 0.717) is 36.0 Å². The van der Waals surface area contributed by atoms with Crippen molar-refractivity contribution in [3.05, 3.63) is 83.0 Å². The zero-order valence-corrected chi connectivity index (χ0v) is 23.6. The van der Waals surface area contributed by atoms with Crippen LogP contribution in [0.25, 0.3) is 10.9 Å². The average Bonchev–Trinajstić information content (AvgIpc) is 3.37. The smallest absolute Gasteiger partial charge is 0.246 e. The van der Waals surface area contributed by atoms with Gasteiger partial charge in [0.1, 0.15) is 24.4 Å². The first kappa shape index (κ1) is 26.6. The molecule has 1 unspecified atom stereocenters. The fourth-order valence-electron chi connectivity index (χ4n) is 6.22. The number of H-pyrrole nitrogens is 1. The summed E-state index contributed by atoms with van der Waals surface area (Å²) in [5, 5.41) is 1.06. The zero-order valence-electron chi connectivity index (χ0n) is 23.6. The molecule has 1 aromatic heterocycles. The molecule has 9 nitrogen and oxygen atoms in total. The molecule has 1 saturated heterocycles. The summed E-state index contributed by atoms with van der Waals surface area (Å²) in [5.74, 6) is 1.93. The Balaban J connectivity index is 1.42. The normalized spacial score (nSPS) is 18.2. The van der Waals surface area contributed by atoms with Crippen molar-refractivity contribution < 1.29 is 28.5 Å². The molecule has 4 aromatic rings. The van der Waals surface area contributed by atoms with E-state index in [1.807, 2.05) is 61.5 Å². The SMILES string of the molecule is CCOc1ccccc1C1c2[nH]c3ccccc3c2C[C@H]2C(=O)N(Cc3cc(OC)c(OC)c(OC)c3)CC(=O)N12. The largest absolute Gasteiger partial charge is 0.494 e. The van der Waals surface area contributed by atoms with Crippen molar-refractivity contribution in [2.24, 2.45) is 0 Å². The van der Waals surface area contributed by atoms with Gasteiger partial charge in [-0.15, -0.1) is 0 Å². The van der Waals surface area contributed by atoms with E-state index in [9.17, 15) is 9.59 Å². The maximum Gasteiger partial charge on any atom is 0.246 e. The van der Waals surface area contributed by atoms with Crippen molar-refractivity contribution in [1.82, 2.24) is 14.8 Å². The molecular formula is C32H33N3O6. The Labute approximate surface area is 238 Å². The second-order valence-corrected chi connectivity index (χ2v) is 10.2. The fraction of sp³-hybridized carbons (Fsp3) is 0.312. The molecule has 212 valence electrons. The summed E-state index contributed by atoms with van der Waals surface area (Å²) in [7, 11) is 4.65. The molecule has 0 spiro atoms. The molecule has 0 radical (unpaired) electrons. The van der Waals surface area contributed by atoms with Crippen LogP contribution in [0, 0.1) is 0 Å². The van der Waals surface area contributed by atoms with Gasteiger partial charge in [-0.05, 0) is 42.3 Å². The van der Waals surface area contributed by atoms with Gasteiger partial charge in [-0.25, -0.2) is 0 Å². The molecule has 6 rings (SSSR count). The number of methoxy groups -OCH3 is 3. The first-order valence-electron chi connectivity index (χ1n) is 13.7. The molecule has 1 N–H and O–H groups in total. The maximum absolute atomic E-state index is 14.2. The highest BCUT2D eigenvalue weighted by molar-refractivity contribution is 5.97. The van der Waals surface area contributed by atoms with Crippen molar-refractivity contribution in [3.8, 4) is 23.0 Å². The Kier molecular flexibility index (Phi) is 6.95. The predicted octanol–water partition coefficient (Wildman–Crippen LogP) is 4.48. The number of aromatic nitrogens is 1. The monoisotopic (exact) mass is 555 g/mol. The van der Waals surface area contributed by atoms with Crippen molar-refractivity contribution >= 4 is 22.7 Å². The number of rotatable bonds is 8. The number of para-hydroxylation sites is 2. The zero-order chi connectivity index (χ0) is 28.7. The molecule has 1 fully saturated rings. The van der Waals surface area contributed by atoms with Gasteiger partial charge in [0, 0.05) is 35.1 Å². The van der Waals surface area contributed by atoms with Crippen LogP contribution in [0.3, 0.4) is 0 Å². The first-order chi connectivity index (χ1) is 20.0. The second-order valence-electron chi connectivity index (χ2n) is 10.2. The van der Waals surface area contributed by atoms with Gasteiger partial charge in [-0.3, -0.25) is 9.59 Å². The lowest BCUT2D eigenvalue weighted by Gasteiger charge is -2.47. The lowest BCUT2D eigenvalue weighted by molar-refractivity contribution is -0.159. The number of benzene rings is 3. The van der Waals surface area contributed by atoms with Gasteiger partial charge in [0.05, 0.1) is 27.9 Å². The summed E-state index contributed by atoms with van der Waals surface area (Å²) in [5.41, 5.74) is 4.58. The fourth-order valence-corrected chi connectivity index (χ4v) is 6.22. The number of carbonyl (C=O) groups is 2. The molecule has 3 aromatic carbocycles. The standard InChI is InChI=1S/C32H33N3O6/c1-5-41-25-13-9-7-11-21(25)30-29-22(20-10-6-8-12-23(20)33-29)16-24-32(37)34(18-28(36)35(24)30)17-19-14-26(38-2)31(40-4)27(15-19)39-3/h6-15,24,30,33H,5,16-18H2,1-4H3/t24-,30?/m0/s1. The van der Waals surface area contributed by atoms with Crippen LogP contribution in [0.15, 0.2) is 60.7 Å². The van der Waals surface area contributed by atoms with Gasteiger partial charge in [-0.2, -0.15) is 0 Å². The number of hydrogen-bond donors (Lipinski definition) is 1. The van der Waals surface area contributed by atoms with E-state index in [2.05, 4.69) is 11.1 Å². The summed E-state index contributed by atoms with van der Waals surface area (Å²) in [6.45, 7) is 2.61. The van der Waals surface area contributed by atoms with Crippen molar-refractivity contribution in [1.29, 1.82) is 0 Å². The topological polar surface area (TPSA) is 93.3 Å². The van der Waals surface area contributed by atoms with Gasteiger partial charge < -0.3 is 33.7 Å². The molecule has 0 bridgehead atoms. The van der Waals surface area contributed by atoms with Crippen molar-refractivity contribution in [2.75, 3.05) is 34.5 Å². The van der Waals surface area contributed by atoms with Gasteiger partial charge in [0.15, 0.2) is 11.5 Å². The van der Waals surface area contributed by atoms with Crippen LogP contribution < -0.4 is 18.9 Å². The molecule has 2 atom stereocenters. The lowest BCUT2D eigenvalue weighted by atomic mass is 9.85. The molecule has 2 amide bonds. The Morgan fingerprint density at radius 2 is 1.61 bits per heavy atom. The number of nitrogens with one attached hydrogen (secondary N) is 1. The summed E-state index contributed by atoms with van der Waals surface area (Å²) in [6.07, 6.45) is 0.420. The molecule has 0 saturated carbocycles. The molecule has 2 aliphatic rings. The predicted molar refractivity (Wildman–Crippen MR) is 154 cm³/mol. The van der Waals surface area contributed by atoms with E-state index < -0.39 is 12.1 Å². The Hall–Kier alpha value is -4.66. The van der Waals surface area contributed by atoms with Gasteiger partial charge in [-0.1, -0.05) is 36.4 Å². The summed E-state index contributed by atoms with van der Waals surface area (Å²) in [4.78, 5) is 35.2. The van der Waals surface area contributed by atoms with Crippen LogP contribution in [0.2, 0.25) is 0 Å². The number of hydrogen-bond acceptors (Lipinski definition) is 6. The van der Waals surface area contributed by atoms with Crippen LogP contribution in [-0.2, 0) is 22.6 Å². The Morgan fingerprint density at radius 1 is 0.902 bits per heavy atom. The van der Waals surface area contributed by atoms with Crippen LogP contribution in [0.4, 0.5) is 0 Å². The second kappa shape index (κ2) is 10.7. The van der Waals surface area contributed by atoms with Gasteiger partial charge in [0.25, 0.3) is 0 Å². The summed E-state index contributed by atoms with van der Waals surface area (Å²) in [6, 6.07) is 18.3. The van der Waals surface area contributed by atoms with E-state index in [0.717, 1.165) is 33.3 Å². The van der Waals surface area contributed by atoms with Gasteiger partial charge in [0.2, 0.25) is 17.6 Å². The third-order valence-corrected chi connectivity index (χ3v) is 7.95. The Morgan fingerprint density at radius 3 is 2.32 bits per heavy atom. The highest BCUT2D eigenvalue weighted by Crippen LogP contribution is 2.45. The number of ether oxygens (including phenoxy) is 4. The molecule has 2 aliphatic heterocycles. The number of piperazine rings is 1. The van der Waals surface area contributed by atoms with Gasteiger partial charge >= 0.3 is 0 Å². The molecule has 9 heteroatoms. The minimum Gasteiger partial charge on any atom is -0.494 e. The lowest BCUT2D eigenvalue weighted by Crippen LogP contribution is -2.62. The first-order valence-corrected chi connectivity index (χ1v) is 13.7. The van der Waals surface area contributed by atoms with Crippen LogP contribution >= 0.6 is 0 Å². The van der Waals surface area contributed by atoms with E-state index in [4.69, 9.17) is 18.9 Å². The highest BCUT2D eigenvalue weighted by Gasteiger charge is 2.48. The van der Waals surface area contributed by atoms with E-state index in [1.54, 1.807) is 31.1 Å². The van der Waals surface area contributed by atoms with E-state index in [1.165, 1.54) is 0 Å². The van der Waals surface area contributed by atoms with Crippen LogP contribution in [-0.4, -0.2) is 67.1 Å². The molecule has 3 heterocycles. The van der Waals surface area contributed by atoms with E-state index in [-0.39, 0.29) is 24.9 Å². The number of aromatic amines is 1. The highest BCUT2D eigenvalue weighted by atomic mass is 16.5. The van der Waals surface area contributed by atoms with Crippen molar-refractivity contribution in [2.45, 2.75) is 32.0 Å². The summed E-state index contributed by atoms with van der Waals surface area (Å²) >= 11 is 0. The minimum absolute atomic E-state index is 0.0468. The quantitative estimate of drug-likeness (QED) is 0.345. The minimum atomic E-state index is -0.662. The molecule has 0 aliphatic carbocycles. The summed E-state index contributed by atoms with van der Waals surface area (Å²) < 4.78 is 22.5. The molecular weight excluding hydrogens is 522 g/mol. The number of carbonyl (C=O) groups excluding carboxylic acids is 2. The number of nitrogens with zero attached hydrogens (tertiary/aromatic N) is 2. The number of amides is 2. The molecule has 41 heavy (non-hydrogen) atoms. The van der Waals surface area contributed by atoms with Crippen molar-refractivity contribution in [3.63, 3.8) is 0 Å².